The topological polar surface area (TPSA) is 74.6 Å². The molecule has 1 amide bonds. The quantitative estimate of drug-likeness (QED) is 0.789. The molecule has 24 heavy (non-hydrogen) atoms. The van der Waals surface area contributed by atoms with Crippen molar-refractivity contribution < 1.29 is 14.3 Å². The highest BCUT2D eigenvalue weighted by Gasteiger charge is 2.30. The van der Waals surface area contributed by atoms with Gasteiger partial charge in [-0.05, 0) is 26.0 Å². The maximum atomic E-state index is 12.2. The smallest absolute Gasteiger partial charge is 0.235 e. The summed E-state index contributed by atoms with van der Waals surface area (Å²) >= 11 is 0. The molecule has 132 valence electrons. The highest BCUT2D eigenvalue weighted by Crippen LogP contribution is 2.31. The van der Waals surface area contributed by atoms with Gasteiger partial charge in [-0.15, -0.1) is 0 Å². The summed E-state index contributed by atoms with van der Waals surface area (Å²) in [5, 5.41) is 12.1. The highest BCUT2D eigenvalue weighted by molar-refractivity contribution is 5.79. The lowest BCUT2D eigenvalue weighted by molar-refractivity contribution is -0.123. The van der Waals surface area contributed by atoms with Gasteiger partial charge in [0.15, 0.2) is 11.5 Å². The molecule has 0 heterocycles. The first kappa shape index (κ1) is 19.8. The van der Waals surface area contributed by atoms with Gasteiger partial charge < -0.3 is 14.8 Å². The van der Waals surface area contributed by atoms with Gasteiger partial charge >= 0.3 is 0 Å². The van der Waals surface area contributed by atoms with Crippen LogP contribution in [0.5, 0.6) is 11.5 Å². The lowest BCUT2D eigenvalue weighted by atomic mass is 9.90. The van der Waals surface area contributed by atoms with Crippen molar-refractivity contribution in [1.82, 2.24) is 10.2 Å². The summed E-state index contributed by atoms with van der Waals surface area (Å²) in [6.45, 7) is 6.27. The summed E-state index contributed by atoms with van der Waals surface area (Å²) < 4.78 is 10.7. The second-order valence-electron chi connectivity index (χ2n) is 6.34. The average molecular weight is 333 g/mol. The lowest BCUT2D eigenvalue weighted by Gasteiger charge is -2.28. The molecule has 0 bridgehead atoms. The fourth-order valence-electron chi connectivity index (χ4n) is 2.30. The van der Waals surface area contributed by atoms with Gasteiger partial charge in [0.2, 0.25) is 5.91 Å². The third-order valence-corrected chi connectivity index (χ3v) is 4.12. The van der Waals surface area contributed by atoms with Crippen LogP contribution in [0.2, 0.25) is 0 Å². The summed E-state index contributed by atoms with van der Waals surface area (Å²) in [6.07, 6.45) is 0. The van der Waals surface area contributed by atoms with E-state index in [1.54, 1.807) is 21.1 Å². The third-order valence-electron chi connectivity index (χ3n) is 4.12. The molecule has 0 saturated carbocycles. The van der Waals surface area contributed by atoms with Gasteiger partial charge in [0.1, 0.15) is 5.54 Å². The molecule has 1 atom stereocenters. The molecule has 0 aliphatic heterocycles. The van der Waals surface area contributed by atoms with Crippen LogP contribution in [0.1, 0.15) is 26.3 Å². The second-order valence-corrected chi connectivity index (χ2v) is 6.34. The van der Waals surface area contributed by atoms with Crippen molar-refractivity contribution in [2.24, 2.45) is 5.92 Å². The number of benzene rings is 1. The van der Waals surface area contributed by atoms with E-state index in [0.717, 1.165) is 5.56 Å². The molecule has 1 N–H and O–H groups in total. The minimum atomic E-state index is -0.869. The molecular weight excluding hydrogens is 306 g/mol. The molecule has 1 aromatic carbocycles. The number of nitriles is 1. The summed E-state index contributed by atoms with van der Waals surface area (Å²) in [7, 11) is 5.03. The van der Waals surface area contributed by atoms with Crippen LogP contribution in [0.3, 0.4) is 0 Å². The van der Waals surface area contributed by atoms with Crippen LogP contribution < -0.4 is 14.8 Å². The van der Waals surface area contributed by atoms with Crippen molar-refractivity contribution in [3.8, 4) is 17.6 Å². The number of methoxy groups -OCH3 is 2. The fraction of sp³-hybridized carbons (Fsp3) is 0.556. The van der Waals surface area contributed by atoms with Gasteiger partial charge in [-0.25, -0.2) is 0 Å². The van der Waals surface area contributed by atoms with E-state index in [9.17, 15) is 10.1 Å². The molecule has 0 saturated heterocycles. The minimum Gasteiger partial charge on any atom is -0.493 e. The first-order valence-corrected chi connectivity index (χ1v) is 7.88. The van der Waals surface area contributed by atoms with Crippen molar-refractivity contribution in [1.29, 1.82) is 5.26 Å². The van der Waals surface area contributed by atoms with E-state index in [0.29, 0.717) is 18.0 Å². The van der Waals surface area contributed by atoms with Gasteiger partial charge in [0, 0.05) is 12.1 Å². The Morgan fingerprint density at radius 3 is 2.54 bits per heavy atom. The van der Waals surface area contributed by atoms with Crippen LogP contribution in [0.25, 0.3) is 0 Å². The Hall–Kier alpha value is -2.26. The first-order valence-electron chi connectivity index (χ1n) is 7.88. The normalized spacial score (nSPS) is 13.3. The van der Waals surface area contributed by atoms with Gasteiger partial charge in [0.25, 0.3) is 0 Å². The molecule has 0 spiro atoms. The molecule has 6 nitrogen and oxygen atoms in total. The lowest BCUT2D eigenvalue weighted by Crippen LogP contribution is -2.51. The van der Waals surface area contributed by atoms with E-state index in [1.807, 2.05) is 44.0 Å². The predicted octanol–water partition coefficient (Wildman–Crippen LogP) is 2.19. The molecule has 0 aromatic heterocycles. The monoisotopic (exact) mass is 333 g/mol. The highest BCUT2D eigenvalue weighted by atomic mass is 16.5. The molecule has 0 fully saturated rings. The predicted molar refractivity (Wildman–Crippen MR) is 92.9 cm³/mol. The van der Waals surface area contributed by atoms with Crippen LogP contribution in [0, 0.1) is 17.2 Å². The molecule has 0 radical (unpaired) electrons. The van der Waals surface area contributed by atoms with Crippen molar-refractivity contribution in [3.63, 3.8) is 0 Å². The number of ether oxygens (including phenoxy) is 2. The van der Waals surface area contributed by atoms with Crippen LogP contribution in [-0.4, -0.2) is 44.2 Å². The van der Waals surface area contributed by atoms with Gasteiger partial charge in [-0.1, -0.05) is 26.0 Å². The standard InChI is InChI=1S/C18H27N3O3/c1-13(2)18(3,12-19)20-16(22)11-21(4)10-14-8-7-9-15(23-5)17(14)24-6/h7-9,13H,10-11H2,1-6H3,(H,20,22)/t18-/m0/s1. The molecule has 6 heteroatoms. The Labute approximate surface area is 144 Å². The van der Waals surface area contributed by atoms with Crippen molar-refractivity contribution >= 4 is 5.91 Å². The Kier molecular flexibility index (Phi) is 7.05. The van der Waals surface area contributed by atoms with E-state index in [-0.39, 0.29) is 18.4 Å². The number of amides is 1. The Bertz CT molecular complexity index is 610. The van der Waals surface area contributed by atoms with Crippen LogP contribution in [0.4, 0.5) is 0 Å². The Morgan fingerprint density at radius 2 is 2.04 bits per heavy atom. The molecule has 1 rings (SSSR count). The summed E-state index contributed by atoms with van der Waals surface area (Å²) in [5.74, 6) is 1.16. The number of carbonyl (C=O) groups excluding carboxylic acids is 1. The first-order chi connectivity index (χ1) is 11.3. The van der Waals surface area contributed by atoms with E-state index in [1.165, 1.54) is 0 Å². The second kappa shape index (κ2) is 8.55. The van der Waals surface area contributed by atoms with Crippen LogP contribution >= 0.6 is 0 Å². The Morgan fingerprint density at radius 1 is 1.38 bits per heavy atom. The molecule has 0 aliphatic carbocycles. The fourth-order valence-corrected chi connectivity index (χ4v) is 2.30. The van der Waals surface area contributed by atoms with Gasteiger partial charge in [0.05, 0.1) is 26.8 Å². The molecule has 1 aromatic rings. The number of hydrogen-bond donors (Lipinski definition) is 1. The van der Waals surface area contributed by atoms with Crippen molar-refractivity contribution in [2.45, 2.75) is 32.9 Å². The van der Waals surface area contributed by atoms with E-state index >= 15 is 0 Å². The van der Waals surface area contributed by atoms with Crippen molar-refractivity contribution in [2.75, 3.05) is 27.8 Å². The minimum absolute atomic E-state index is 0.0234. The largest absolute Gasteiger partial charge is 0.493 e. The maximum absolute atomic E-state index is 12.2. The summed E-state index contributed by atoms with van der Waals surface area (Å²) in [4.78, 5) is 14.1. The third kappa shape index (κ3) is 4.87. The number of hydrogen-bond acceptors (Lipinski definition) is 5. The van der Waals surface area contributed by atoms with Crippen molar-refractivity contribution in [3.05, 3.63) is 23.8 Å². The van der Waals surface area contributed by atoms with Crippen LogP contribution in [-0.2, 0) is 11.3 Å². The number of likely N-dealkylation sites (N-methyl/N-ethyl adjacent to an activating group) is 1. The maximum Gasteiger partial charge on any atom is 0.235 e. The zero-order chi connectivity index (χ0) is 18.3. The Balaban J connectivity index is 2.75. The summed E-state index contributed by atoms with van der Waals surface area (Å²) in [6, 6.07) is 7.83. The van der Waals surface area contributed by atoms with Gasteiger partial charge in [-0.2, -0.15) is 5.26 Å². The van der Waals surface area contributed by atoms with E-state index < -0.39 is 5.54 Å². The zero-order valence-corrected chi connectivity index (χ0v) is 15.3. The van der Waals surface area contributed by atoms with E-state index in [2.05, 4.69) is 11.4 Å². The molecule has 0 unspecified atom stereocenters. The van der Waals surface area contributed by atoms with Gasteiger partial charge in [-0.3, -0.25) is 9.69 Å². The number of para-hydroxylation sites is 1. The molecular formula is C18H27N3O3. The summed E-state index contributed by atoms with van der Waals surface area (Å²) in [5.41, 5.74) is 0.0602. The molecule has 0 aliphatic rings. The number of carbonyl (C=O) groups is 1. The average Bonchev–Trinajstić information content (AvgIpc) is 2.53. The number of nitrogens with zero attached hydrogens (tertiary/aromatic N) is 2. The van der Waals surface area contributed by atoms with Crippen LogP contribution in [0.15, 0.2) is 18.2 Å². The SMILES string of the molecule is COc1cccc(CN(C)CC(=O)N[C@@](C)(C#N)C(C)C)c1OC. The van der Waals surface area contributed by atoms with E-state index in [4.69, 9.17) is 9.47 Å². The number of nitrogens with one attached hydrogen (secondary N) is 1. The number of rotatable bonds is 8. The zero-order valence-electron chi connectivity index (χ0n) is 15.3.